The number of carbonyl (C=O) groups excluding carboxylic acids is 2. The molecule has 0 saturated heterocycles. The quantitative estimate of drug-likeness (QED) is 0.296. The zero-order chi connectivity index (χ0) is 25.5. The SMILES string of the molecule is CC(C)CN(CC(=O)Nc1cc(-c2ccccc2)nn1-c1ccccc1)C(=O)Nc1cccc(Cl)c1. The van der Waals surface area contributed by atoms with E-state index in [9.17, 15) is 9.59 Å². The fraction of sp³-hybridized carbons (Fsp3) is 0.179. The molecule has 0 radical (unpaired) electrons. The van der Waals surface area contributed by atoms with Crippen LogP contribution in [-0.4, -0.2) is 39.7 Å². The minimum Gasteiger partial charge on any atom is -0.315 e. The van der Waals surface area contributed by atoms with Crippen LogP contribution in [0.5, 0.6) is 0 Å². The molecule has 0 spiro atoms. The van der Waals surface area contributed by atoms with Gasteiger partial charge in [0.15, 0.2) is 0 Å². The Kier molecular flexibility index (Phi) is 8.02. The van der Waals surface area contributed by atoms with Crippen molar-refractivity contribution < 1.29 is 9.59 Å². The van der Waals surface area contributed by atoms with Gasteiger partial charge in [-0.25, -0.2) is 9.48 Å². The third-order valence-electron chi connectivity index (χ3n) is 5.33. The van der Waals surface area contributed by atoms with E-state index in [1.54, 1.807) is 28.9 Å². The van der Waals surface area contributed by atoms with Crippen LogP contribution in [0.3, 0.4) is 0 Å². The molecule has 7 nitrogen and oxygen atoms in total. The molecule has 2 N–H and O–H groups in total. The highest BCUT2D eigenvalue weighted by Crippen LogP contribution is 2.25. The summed E-state index contributed by atoms with van der Waals surface area (Å²) in [7, 11) is 0. The van der Waals surface area contributed by atoms with Crippen molar-refractivity contribution in [2.45, 2.75) is 13.8 Å². The summed E-state index contributed by atoms with van der Waals surface area (Å²) in [6.45, 7) is 4.28. The molecule has 0 atom stereocenters. The second kappa shape index (κ2) is 11.6. The largest absolute Gasteiger partial charge is 0.322 e. The summed E-state index contributed by atoms with van der Waals surface area (Å²) in [6, 6.07) is 27.7. The molecule has 8 heteroatoms. The molecular formula is C28H28ClN5O2. The molecule has 184 valence electrons. The van der Waals surface area contributed by atoms with Crippen molar-refractivity contribution in [1.29, 1.82) is 0 Å². The number of amides is 3. The van der Waals surface area contributed by atoms with E-state index in [-0.39, 0.29) is 24.4 Å². The predicted molar refractivity (Wildman–Crippen MR) is 145 cm³/mol. The molecule has 4 aromatic rings. The summed E-state index contributed by atoms with van der Waals surface area (Å²) < 4.78 is 1.69. The number of hydrogen-bond donors (Lipinski definition) is 2. The molecule has 0 aliphatic heterocycles. The Morgan fingerprint density at radius 3 is 2.28 bits per heavy atom. The molecule has 36 heavy (non-hydrogen) atoms. The lowest BCUT2D eigenvalue weighted by Crippen LogP contribution is -2.42. The first-order chi connectivity index (χ1) is 17.4. The highest BCUT2D eigenvalue weighted by Gasteiger charge is 2.21. The summed E-state index contributed by atoms with van der Waals surface area (Å²) in [6.07, 6.45) is 0. The first-order valence-electron chi connectivity index (χ1n) is 11.7. The second-order valence-electron chi connectivity index (χ2n) is 8.79. The van der Waals surface area contributed by atoms with Gasteiger partial charge in [0.25, 0.3) is 0 Å². The molecular weight excluding hydrogens is 474 g/mol. The van der Waals surface area contributed by atoms with Crippen LogP contribution >= 0.6 is 11.6 Å². The fourth-order valence-electron chi connectivity index (χ4n) is 3.77. The fourth-order valence-corrected chi connectivity index (χ4v) is 3.96. The highest BCUT2D eigenvalue weighted by atomic mass is 35.5. The van der Waals surface area contributed by atoms with Gasteiger partial charge in [-0.2, -0.15) is 5.10 Å². The molecule has 1 aromatic heterocycles. The van der Waals surface area contributed by atoms with Crippen molar-refractivity contribution in [2.24, 2.45) is 5.92 Å². The second-order valence-corrected chi connectivity index (χ2v) is 9.23. The van der Waals surface area contributed by atoms with Crippen LogP contribution in [0.15, 0.2) is 91.0 Å². The molecule has 3 amide bonds. The zero-order valence-electron chi connectivity index (χ0n) is 20.2. The highest BCUT2D eigenvalue weighted by molar-refractivity contribution is 6.30. The van der Waals surface area contributed by atoms with Crippen LogP contribution in [0.2, 0.25) is 5.02 Å². The number of carbonyl (C=O) groups is 2. The predicted octanol–water partition coefficient (Wildman–Crippen LogP) is 6.32. The van der Waals surface area contributed by atoms with Gasteiger partial charge in [0.05, 0.1) is 11.4 Å². The van der Waals surface area contributed by atoms with Gasteiger partial charge in [-0.15, -0.1) is 0 Å². The van der Waals surface area contributed by atoms with Gasteiger partial charge in [0, 0.05) is 28.9 Å². The summed E-state index contributed by atoms with van der Waals surface area (Å²) >= 11 is 6.04. The normalized spacial score (nSPS) is 10.8. The zero-order valence-corrected chi connectivity index (χ0v) is 20.9. The molecule has 3 aromatic carbocycles. The van der Waals surface area contributed by atoms with E-state index in [1.807, 2.05) is 80.6 Å². The number of nitrogens with one attached hydrogen (secondary N) is 2. The minimum absolute atomic E-state index is 0.120. The van der Waals surface area contributed by atoms with Crippen LogP contribution in [0.25, 0.3) is 16.9 Å². The van der Waals surface area contributed by atoms with Crippen molar-refractivity contribution in [1.82, 2.24) is 14.7 Å². The number of halogens is 1. The minimum atomic E-state index is -0.373. The lowest BCUT2D eigenvalue weighted by Gasteiger charge is -2.24. The van der Waals surface area contributed by atoms with Gasteiger partial charge < -0.3 is 15.5 Å². The third-order valence-corrected chi connectivity index (χ3v) is 5.57. The smallest absolute Gasteiger partial charge is 0.315 e. The van der Waals surface area contributed by atoms with Gasteiger partial charge >= 0.3 is 6.03 Å². The number of hydrogen-bond acceptors (Lipinski definition) is 3. The van der Waals surface area contributed by atoms with Gasteiger partial charge in [0.1, 0.15) is 12.4 Å². The van der Waals surface area contributed by atoms with Crippen molar-refractivity contribution in [2.75, 3.05) is 23.7 Å². The summed E-state index contributed by atoms with van der Waals surface area (Å²) in [4.78, 5) is 27.6. The lowest BCUT2D eigenvalue weighted by atomic mass is 10.1. The number of anilines is 2. The average Bonchev–Trinajstić information content (AvgIpc) is 3.28. The molecule has 0 aliphatic carbocycles. The Balaban J connectivity index is 1.55. The van der Waals surface area contributed by atoms with Crippen LogP contribution < -0.4 is 10.6 Å². The summed E-state index contributed by atoms with van der Waals surface area (Å²) in [5.74, 6) is 0.362. The van der Waals surface area contributed by atoms with E-state index < -0.39 is 0 Å². The van der Waals surface area contributed by atoms with Crippen molar-refractivity contribution in [3.63, 3.8) is 0 Å². The van der Waals surface area contributed by atoms with Crippen molar-refractivity contribution in [3.8, 4) is 16.9 Å². The van der Waals surface area contributed by atoms with Crippen LogP contribution in [0.4, 0.5) is 16.3 Å². The van der Waals surface area contributed by atoms with Gasteiger partial charge in [-0.3, -0.25) is 4.79 Å². The van der Waals surface area contributed by atoms with E-state index in [0.29, 0.717) is 23.1 Å². The maximum absolute atomic E-state index is 13.1. The number of rotatable bonds is 8. The maximum Gasteiger partial charge on any atom is 0.322 e. The van der Waals surface area contributed by atoms with Gasteiger partial charge in [0.2, 0.25) is 5.91 Å². The van der Waals surface area contributed by atoms with E-state index >= 15 is 0 Å². The standard InChI is InChI=1S/C28H28ClN5O2/c1-20(2)18-33(28(36)30-23-13-9-12-22(29)16-23)19-27(35)31-26-17-25(21-10-5-3-6-11-21)32-34(26)24-14-7-4-8-15-24/h3-17,20H,18-19H2,1-2H3,(H,30,36)(H,31,35). The number of para-hydroxylation sites is 1. The number of nitrogens with zero attached hydrogens (tertiary/aromatic N) is 3. The van der Waals surface area contributed by atoms with Gasteiger partial charge in [-0.05, 0) is 36.2 Å². The van der Waals surface area contributed by atoms with E-state index in [0.717, 1.165) is 16.9 Å². The molecule has 0 unspecified atom stereocenters. The topological polar surface area (TPSA) is 79.3 Å². The number of benzene rings is 3. The summed E-state index contributed by atoms with van der Waals surface area (Å²) in [5, 5.41) is 11.0. The van der Waals surface area contributed by atoms with E-state index in [4.69, 9.17) is 16.7 Å². The Labute approximate surface area is 215 Å². The maximum atomic E-state index is 13.1. The molecule has 0 aliphatic rings. The van der Waals surface area contributed by atoms with Crippen molar-refractivity contribution in [3.05, 3.63) is 96.0 Å². The molecule has 4 rings (SSSR count). The molecule has 1 heterocycles. The first-order valence-corrected chi connectivity index (χ1v) is 12.1. The van der Waals surface area contributed by atoms with E-state index in [2.05, 4.69) is 10.6 Å². The number of aromatic nitrogens is 2. The van der Waals surface area contributed by atoms with Crippen molar-refractivity contribution >= 4 is 35.0 Å². The molecule has 0 fully saturated rings. The average molecular weight is 502 g/mol. The Bertz CT molecular complexity index is 1320. The van der Waals surface area contributed by atoms with Crippen LogP contribution in [-0.2, 0) is 4.79 Å². The third kappa shape index (κ3) is 6.52. The summed E-state index contributed by atoms with van der Waals surface area (Å²) in [5.41, 5.74) is 3.04. The van der Waals surface area contributed by atoms with Gasteiger partial charge in [-0.1, -0.05) is 80.0 Å². The van der Waals surface area contributed by atoms with Crippen LogP contribution in [0.1, 0.15) is 13.8 Å². The number of urea groups is 1. The Morgan fingerprint density at radius 1 is 0.917 bits per heavy atom. The monoisotopic (exact) mass is 501 g/mol. The Morgan fingerprint density at radius 2 is 1.61 bits per heavy atom. The van der Waals surface area contributed by atoms with Crippen LogP contribution in [0, 0.1) is 5.92 Å². The first kappa shape index (κ1) is 25.0. The molecule has 0 bridgehead atoms. The molecule has 0 saturated carbocycles. The lowest BCUT2D eigenvalue weighted by molar-refractivity contribution is -0.116. The Hall–Kier alpha value is -4.10. The van der Waals surface area contributed by atoms with E-state index in [1.165, 1.54) is 4.90 Å².